The molecule has 1 aliphatic heterocycles. The molecule has 0 aliphatic carbocycles. The first-order valence-electron chi connectivity index (χ1n) is 6.22. The number of carbonyl (C=O) groups excluding carboxylic acids is 2. The molecule has 0 radical (unpaired) electrons. The molecule has 1 saturated heterocycles. The van der Waals surface area contributed by atoms with Crippen LogP contribution in [0.25, 0.3) is 0 Å². The van der Waals surface area contributed by atoms with Gasteiger partial charge in [-0.1, -0.05) is 13.3 Å². The predicted octanol–water partition coefficient (Wildman–Crippen LogP) is -0.300. The number of carbonyl (C=O) groups is 2. The van der Waals surface area contributed by atoms with Crippen LogP contribution in [-0.2, 0) is 19.8 Å². The van der Waals surface area contributed by atoms with E-state index in [4.69, 9.17) is 0 Å². The van der Waals surface area contributed by atoms with Crippen LogP contribution in [0.4, 0.5) is 0 Å². The number of piperazine rings is 1. The maximum Gasteiger partial charge on any atom is 0.283 e. The van der Waals surface area contributed by atoms with Gasteiger partial charge in [-0.05, 0) is 20.3 Å². The number of hydrogen-bond acceptors (Lipinski definition) is 4. The van der Waals surface area contributed by atoms with Crippen LogP contribution in [0.15, 0.2) is 0 Å². The van der Waals surface area contributed by atoms with Crippen molar-refractivity contribution in [2.24, 2.45) is 0 Å². The molecule has 7 nitrogen and oxygen atoms in total. The third kappa shape index (κ3) is 3.13. The summed E-state index contributed by atoms with van der Waals surface area (Å²) >= 11 is 0. The standard InChI is InChI=1S/C11H21N3O4S/c1-5-6-7-13(4)19(17,18)14-8-9(15)12-10(16)11(14,2)3/h5-8H2,1-4H3,(H,12,15,16). The molecule has 0 spiro atoms. The second-order valence-corrected chi connectivity index (χ2v) is 7.09. The molecule has 1 fully saturated rings. The van der Waals surface area contributed by atoms with Gasteiger partial charge >= 0.3 is 0 Å². The number of imide groups is 1. The Bertz CT molecular complexity index is 472. The molecule has 19 heavy (non-hydrogen) atoms. The van der Waals surface area contributed by atoms with E-state index in [1.807, 2.05) is 6.92 Å². The second-order valence-electron chi connectivity index (χ2n) is 5.13. The molecule has 1 rings (SSSR count). The second kappa shape index (κ2) is 5.56. The van der Waals surface area contributed by atoms with Crippen LogP contribution in [0, 0.1) is 0 Å². The van der Waals surface area contributed by atoms with Crippen molar-refractivity contribution in [3.63, 3.8) is 0 Å². The van der Waals surface area contributed by atoms with E-state index in [1.54, 1.807) is 0 Å². The summed E-state index contributed by atoms with van der Waals surface area (Å²) in [5, 5.41) is 2.15. The van der Waals surface area contributed by atoms with Gasteiger partial charge in [0.2, 0.25) is 11.8 Å². The van der Waals surface area contributed by atoms with Crippen molar-refractivity contribution in [2.75, 3.05) is 20.1 Å². The number of unbranched alkanes of at least 4 members (excludes halogenated alkanes) is 1. The van der Waals surface area contributed by atoms with Gasteiger partial charge in [0.1, 0.15) is 5.54 Å². The molecule has 110 valence electrons. The first kappa shape index (κ1) is 16.1. The van der Waals surface area contributed by atoms with Crippen molar-refractivity contribution >= 4 is 22.0 Å². The molecule has 0 aromatic heterocycles. The maximum atomic E-state index is 12.4. The van der Waals surface area contributed by atoms with Crippen LogP contribution < -0.4 is 5.32 Å². The Morgan fingerprint density at radius 2 is 1.95 bits per heavy atom. The number of nitrogens with zero attached hydrogens (tertiary/aromatic N) is 2. The van der Waals surface area contributed by atoms with Gasteiger partial charge in [-0.2, -0.15) is 17.0 Å². The molecule has 2 amide bonds. The first-order valence-corrected chi connectivity index (χ1v) is 7.62. The first-order chi connectivity index (χ1) is 8.64. The fourth-order valence-electron chi connectivity index (χ4n) is 1.79. The van der Waals surface area contributed by atoms with Crippen LogP contribution in [0.1, 0.15) is 33.6 Å². The molecular weight excluding hydrogens is 270 g/mol. The summed E-state index contributed by atoms with van der Waals surface area (Å²) < 4.78 is 27.0. The van der Waals surface area contributed by atoms with Crippen molar-refractivity contribution in [1.29, 1.82) is 0 Å². The van der Waals surface area contributed by atoms with Gasteiger partial charge < -0.3 is 0 Å². The van der Waals surface area contributed by atoms with Crippen molar-refractivity contribution in [2.45, 2.75) is 39.2 Å². The van der Waals surface area contributed by atoms with Crippen molar-refractivity contribution in [1.82, 2.24) is 13.9 Å². The van der Waals surface area contributed by atoms with Crippen LogP contribution in [0.2, 0.25) is 0 Å². The van der Waals surface area contributed by atoms with Crippen molar-refractivity contribution < 1.29 is 18.0 Å². The third-order valence-corrected chi connectivity index (χ3v) is 5.33. The minimum Gasteiger partial charge on any atom is -0.294 e. The molecule has 0 aromatic carbocycles. The molecule has 8 heteroatoms. The highest BCUT2D eigenvalue weighted by molar-refractivity contribution is 7.86. The number of amides is 2. The van der Waals surface area contributed by atoms with Crippen LogP contribution in [0.3, 0.4) is 0 Å². The van der Waals surface area contributed by atoms with E-state index < -0.39 is 27.6 Å². The quantitative estimate of drug-likeness (QED) is 0.705. The highest BCUT2D eigenvalue weighted by Crippen LogP contribution is 2.23. The molecule has 1 heterocycles. The molecule has 1 N–H and O–H groups in total. The SMILES string of the molecule is CCCCN(C)S(=O)(=O)N1CC(=O)NC(=O)C1(C)C. The Hall–Kier alpha value is -0.990. The van der Waals surface area contributed by atoms with E-state index in [0.717, 1.165) is 17.1 Å². The number of nitrogens with one attached hydrogen (secondary N) is 1. The van der Waals surface area contributed by atoms with Gasteiger partial charge in [-0.25, -0.2) is 0 Å². The summed E-state index contributed by atoms with van der Waals surface area (Å²) in [6.45, 7) is 4.96. The van der Waals surface area contributed by atoms with Crippen LogP contribution >= 0.6 is 0 Å². The monoisotopic (exact) mass is 291 g/mol. The Morgan fingerprint density at radius 3 is 2.47 bits per heavy atom. The van der Waals surface area contributed by atoms with E-state index in [-0.39, 0.29) is 6.54 Å². The number of hydrogen-bond donors (Lipinski definition) is 1. The summed E-state index contributed by atoms with van der Waals surface area (Å²) in [5.41, 5.74) is -1.27. The third-order valence-electron chi connectivity index (χ3n) is 3.22. The van der Waals surface area contributed by atoms with E-state index in [0.29, 0.717) is 6.54 Å². The lowest BCUT2D eigenvalue weighted by Gasteiger charge is -2.40. The zero-order valence-corrected chi connectivity index (χ0v) is 12.6. The van der Waals surface area contributed by atoms with Crippen LogP contribution in [-0.4, -0.2) is 54.5 Å². The van der Waals surface area contributed by atoms with Gasteiger partial charge in [0.15, 0.2) is 0 Å². The molecular formula is C11H21N3O4S. The van der Waals surface area contributed by atoms with E-state index in [1.165, 1.54) is 25.2 Å². The topological polar surface area (TPSA) is 86.8 Å². The van der Waals surface area contributed by atoms with Crippen LogP contribution in [0.5, 0.6) is 0 Å². The Kier molecular flexibility index (Phi) is 4.70. The molecule has 0 aromatic rings. The fraction of sp³-hybridized carbons (Fsp3) is 0.818. The van der Waals surface area contributed by atoms with Gasteiger partial charge in [0, 0.05) is 13.6 Å². The highest BCUT2D eigenvalue weighted by Gasteiger charge is 2.48. The summed E-state index contributed by atoms with van der Waals surface area (Å²) in [6, 6.07) is 0. The molecule has 0 unspecified atom stereocenters. The maximum absolute atomic E-state index is 12.4. The summed E-state index contributed by atoms with van der Waals surface area (Å²) in [4.78, 5) is 23.2. The smallest absolute Gasteiger partial charge is 0.283 e. The van der Waals surface area contributed by atoms with Gasteiger partial charge in [0.25, 0.3) is 10.2 Å². The van der Waals surface area contributed by atoms with Gasteiger partial charge in [-0.3, -0.25) is 14.9 Å². The van der Waals surface area contributed by atoms with E-state index in [2.05, 4.69) is 5.32 Å². The summed E-state index contributed by atoms with van der Waals surface area (Å²) in [6.07, 6.45) is 1.59. The summed E-state index contributed by atoms with van der Waals surface area (Å²) in [7, 11) is -2.37. The highest BCUT2D eigenvalue weighted by atomic mass is 32.2. The normalized spacial score (nSPS) is 20.7. The van der Waals surface area contributed by atoms with Gasteiger partial charge in [0.05, 0.1) is 6.54 Å². The van der Waals surface area contributed by atoms with E-state index in [9.17, 15) is 18.0 Å². The average Bonchev–Trinajstić information content (AvgIpc) is 2.30. The molecule has 0 saturated carbocycles. The average molecular weight is 291 g/mol. The molecule has 0 atom stereocenters. The fourth-order valence-corrected chi connectivity index (χ4v) is 3.43. The predicted molar refractivity (Wildman–Crippen MR) is 70.4 cm³/mol. The Balaban J connectivity index is 3.04. The Morgan fingerprint density at radius 1 is 1.37 bits per heavy atom. The molecule has 0 bridgehead atoms. The minimum absolute atomic E-state index is 0.336. The lowest BCUT2D eigenvalue weighted by molar-refractivity contribution is -0.141. The Labute approximate surface area is 114 Å². The molecule has 1 aliphatic rings. The van der Waals surface area contributed by atoms with E-state index >= 15 is 0 Å². The lowest BCUT2D eigenvalue weighted by atomic mass is 10.0. The van der Waals surface area contributed by atoms with Gasteiger partial charge in [-0.15, -0.1) is 0 Å². The lowest BCUT2D eigenvalue weighted by Crippen LogP contribution is -2.67. The zero-order chi connectivity index (χ0) is 14.8. The largest absolute Gasteiger partial charge is 0.294 e. The number of rotatable bonds is 5. The van der Waals surface area contributed by atoms with Crippen molar-refractivity contribution in [3.8, 4) is 0 Å². The minimum atomic E-state index is -3.82. The zero-order valence-electron chi connectivity index (χ0n) is 11.8. The summed E-state index contributed by atoms with van der Waals surface area (Å²) in [5.74, 6) is -1.20. The van der Waals surface area contributed by atoms with Crippen molar-refractivity contribution in [3.05, 3.63) is 0 Å².